The SMILES string of the molecule is C/C=C\N(C)[C@H](c1cc2c(cc1CCC)C(C)(C)c1ccccc1-2)C1C=C(C)CCC1. The van der Waals surface area contributed by atoms with Crippen molar-refractivity contribution in [1.29, 1.82) is 0 Å². The molecule has 2 aliphatic carbocycles. The highest BCUT2D eigenvalue weighted by molar-refractivity contribution is 5.81. The van der Waals surface area contributed by atoms with E-state index in [4.69, 9.17) is 0 Å². The van der Waals surface area contributed by atoms with E-state index in [2.05, 4.69) is 101 Å². The Morgan fingerprint density at radius 1 is 1.13 bits per heavy atom. The Morgan fingerprint density at radius 2 is 1.90 bits per heavy atom. The van der Waals surface area contributed by atoms with E-state index in [0.717, 1.165) is 6.42 Å². The fourth-order valence-electron chi connectivity index (χ4n) is 6.05. The van der Waals surface area contributed by atoms with E-state index in [9.17, 15) is 0 Å². The van der Waals surface area contributed by atoms with Gasteiger partial charge in [0.25, 0.3) is 0 Å². The molecule has 1 heteroatoms. The monoisotopic (exact) mass is 413 g/mol. The molecule has 0 heterocycles. The van der Waals surface area contributed by atoms with Crippen molar-refractivity contribution in [2.45, 2.75) is 78.2 Å². The minimum absolute atomic E-state index is 0.0684. The van der Waals surface area contributed by atoms with E-state index in [1.807, 2.05) is 0 Å². The van der Waals surface area contributed by atoms with Gasteiger partial charge in [-0.15, -0.1) is 0 Å². The van der Waals surface area contributed by atoms with E-state index < -0.39 is 0 Å². The molecule has 0 amide bonds. The summed E-state index contributed by atoms with van der Waals surface area (Å²) >= 11 is 0. The molecule has 1 nitrogen and oxygen atoms in total. The summed E-state index contributed by atoms with van der Waals surface area (Å²) in [5.74, 6) is 0.563. The predicted molar refractivity (Wildman–Crippen MR) is 134 cm³/mol. The lowest BCUT2D eigenvalue weighted by Crippen LogP contribution is -2.28. The first-order chi connectivity index (χ1) is 14.9. The van der Waals surface area contributed by atoms with Gasteiger partial charge in [-0.05, 0) is 85.2 Å². The van der Waals surface area contributed by atoms with Crippen molar-refractivity contribution in [2.75, 3.05) is 7.05 Å². The molecule has 164 valence electrons. The van der Waals surface area contributed by atoms with Gasteiger partial charge in [0, 0.05) is 18.4 Å². The van der Waals surface area contributed by atoms with Crippen molar-refractivity contribution >= 4 is 0 Å². The summed E-state index contributed by atoms with van der Waals surface area (Å²) in [4.78, 5) is 2.46. The summed E-state index contributed by atoms with van der Waals surface area (Å²) in [5, 5.41) is 0. The molecule has 1 unspecified atom stereocenters. The first-order valence-corrected chi connectivity index (χ1v) is 12.2. The van der Waals surface area contributed by atoms with Crippen molar-refractivity contribution in [3.8, 4) is 11.1 Å². The predicted octanol–water partition coefficient (Wildman–Crippen LogP) is 8.20. The van der Waals surface area contributed by atoms with Crippen molar-refractivity contribution in [1.82, 2.24) is 4.90 Å². The normalized spacial score (nSPS) is 20.3. The Morgan fingerprint density at radius 3 is 2.61 bits per heavy atom. The number of nitrogens with zero attached hydrogens (tertiary/aromatic N) is 1. The van der Waals surface area contributed by atoms with E-state index in [0.29, 0.717) is 12.0 Å². The van der Waals surface area contributed by atoms with Gasteiger partial charge in [-0.2, -0.15) is 0 Å². The molecule has 2 aliphatic rings. The van der Waals surface area contributed by atoms with Gasteiger partial charge in [-0.25, -0.2) is 0 Å². The smallest absolute Gasteiger partial charge is 0.0599 e. The van der Waals surface area contributed by atoms with Crippen LogP contribution in [0, 0.1) is 5.92 Å². The maximum atomic E-state index is 2.57. The summed E-state index contributed by atoms with van der Waals surface area (Å²) in [7, 11) is 2.27. The quantitative estimate of drug-likeness (QED) is 0.431. The van der Waals surface area contributed by atoms with Crippen LogP contribution in [-0.2, 0) is 11.8 Å². The molecule has 0 bridgehead atoms. The second kappa shape index (κ2) is 8.69. The Bertz CT molecular complexity index is 1010. The van der Waals surface area contributed by atoms with Gasteiger partial charge in [-0.1, -0.05) is 75.2 Å². The van der Waals surface area contributed by atoms with Gasteiger partial charge in [0.2, 0.25) is 0 Å². The highest BCUT2D eigenvalue weighted by atomic mass is 15.1. The van der Waals surface area contributed by atoms with Crippen LogP contribution < -0.4 is 0 Å². The van der Waals surface area contributed by atoms with Crippen LogP contribution >= 0.6 is 0 Å². The van der Waals surface area contributed by atoms with Crippen LogP contribution in [0.25, 0.3) is 11.1 Å². The molecule has 0 aromatic heterocycles. The van der Waals surface area contributed by atoms with Gasteiger partial charge in [-0.3, -0.25) is 0 Å². The molecule has 0 fully saturated rings. The fourth-order valence-corrected chi connectivity index (χ4v) is 6.05. The van der Waals surface area contributed by atoms with E-state index in [1.165, 1.54) is 53.5 Å². The van der Waals surface area contributed by atoms with Gasteiger partial charge < -0.3 is 4.90 Å². The molecular weight excluding hydrogens is 374 g/mol. The van der Waals surface area contributed by atoms with Crippen LogP contribution in [0.1, 0.15) is 88.6 Å². The summed E-state index contributed by atoms with van der Waals surface area (Å²) in [5.41, 5.74) is 10.5. The van der Waals surface area contributed by atoms with Gasteiger partial charge in [0.15, 0.2) is 0 Å². The number of hydrogen-bond donors (Lipinski definition) is 0. The maximum absolute atomic E-state index is 2.57. The zero-order valence-electron chi connectivity index (χ0n) is 20.3. The Labute approximate surface area is 189 Å². The average molecular weight is 414 g/mol. The Hall–Kier alpha value is -2.28. The van der Waals surface area contributed by atoms with E-state index in [1.54, 1.807) is 11.1 Å². The summed E-state index contributed by atoms with van der Waals surface area (Å²) in [6, 6.07) is 14.5. The molecule has 2 aromatic rings. The lowest BCUT2D eigenvalue weighted by molar-refractivity contribution is 0.250. The number of hydrogen-bond acceptors (Lipinski definition) is 1. The highest BCUT2D eigenvalue weighted by Gasteiger charge is 2.37. The van der Waals surface area contributed by atoms with Crippen LogP contribution in [0.2, 0.25) is 0 Å². The third-order valence-corrected chi connectivity index (χ3v) is 7.52. The topological polar surface area (TPSA) is 3.24 Å². The van der Waals surface area contributed by atoms with Crippen LogP contribution in [-0.4, -0.2) is 11.9 Å². The van der Waals surface area contributed by atoms with Gasteiger partial charge >= 0.3 is 0 Å². The Kier molecular flexibility index (Phi) is 6.15. The summed E-state index contributed by atoms with van der Waals surface area (Å²) in [6.07, 6.45) is 13.2. The average Bonchev–Trinajstić information content (AvgIpc) is 2.96. The lowest BCUT2D eigenvalue weighted by Gasteiger charge is -2.37. The van der Waals surface area contributed by atoms with Crippen molar-refractivity contribution < 1.29 is 0 Å². The van der Waals surface area contributed by atoms with Gasteiger partial charge in [0.1, 0.15) is 0 Å². The molecule has 0 saturated carbocycles. The molecule has 0 spiro atoms. The first kappa shape index (κ1) is 21.9. The minimum Gasteiger partial charge on any atom is -0.373 e. The highest BCUT2D eigenvalue weighted by Crippen LogP contribution is 2.51. The maximum Gasteiger partial charge on any atom is 0.0599 e. The van der Waals surface area contributed by atoms with E-state index >= 15 is 0 Å². The third kappa shape index (κ3) is 3.88. The molecular formula is C30H39N. The second-order valence-corrected chi connectivity index (χ2v) is 10.2. The fraction of sp³-hybridized carbons (Fsp3) is 0.467. The number of allylic oxidation sites excluding steroid dienone is 2. The summed E-state index contributed by atoms with van der Waals surface area (Å²) < 4.78 is 0. The number of aryl methyl sites for hydroxylation is 1. The largest absolute Gasteiger partial charge is 0.373 e. The molecule has 2 atom stereocenters. The van der Waals surface area contributed by atoms with Crippen LogP contribution in [0.15, 0.2) is 60.3 Å². The molecule has 0 N–H and O–H groups in total. The van der Waals surface area contributed by atoms with Crippen molar-refractivity contribution in [2.24, 2.45) is 5.92 Å². The molecule has 0 radical (unpaired) electrons. The number of rotatable bonds is 6. The van der Waals surface area contributed by atoms with E-state index in [-0.39, 0.29) is 5.41 Å². The summed E-state index contributed by atoms with van der Waals surface area (Å²) in [6.45, 7) is 11.5. The number of fused-ring (bicyclic) bond motifs is 3. The standard InChI is InChI=1S/C30H39N/c1-7-12-22-19-28-26(24-15-9-10-16-27(24)30(28,4)5)20-25(22)29(31(6)17-8-2)23-14-11-13-21(3)18-23/h8-10,15-20,23,29H,7,11-14H2,1-6H3/b17-8-/t23?,29-/m0/s1. The van der Waals surface area contributed by atoms with Crippen molar-refractivity contribution in [3.05, 3.63) is 82.6 Å². The zero-order valence-corrected chi connectivity index (χ0v) is 20.3. The van der Waals surface area contributed by atoms with Crippen LogP contribution in [0.4, 0.5) is 0 Å². The van der Waals surface area contributed by atoms with Crippen molar-refractivity contribution in [3.63, 3.8) is 0 Å². The second-order valence-electron chi connectivity index (χ2n) is 10.2. The first-order valence-electron chi connectivity index (χ1n) is 12.2. The van der Waals surface area contributed by atoms with Gasteiger partial charge in [0.05, 0.1) is 6.04 Å². The van der Waals surface area contributed by atoms with Crippen LogP contribution in [0.5, 0.6) is 0 Å². The minimum atomic E-state index is 0.0684. The number of benzene rings is 2. The molecule has 0 saturated heterocycles. The molecule has 0 aliphatic heterocycles. The molecule has 2 aromatic carbocycles. The third-order valence-electron chi connectivity index (χ3n) is 7.52. The van der Waals surface area contributed by atoms with Crippen LogP contribution in [0.3, 0.4) is 0 Å². The molecule has 31 heavy (non-hydrogen) atoms. The lowest BCUT2D eigenvalue weighted by atomic mass is 9.77. The Balaban J connectivity index is 1.93. The zero-order chi connectivity index (χ0) is 22.2. The molecule has 4 rings (SSSR count).